The molecule has 0 amide bonds. The maximum absolute atomic E-state index is 11.2. The van der Waals surface area contributed by atoms with Gasteiger partial charge < -0.3 is 4.74 Å². The number of ether oxygens (including phenoxy) is 1. The minimum absolute atomic E-state index is 0.475. The summed E-state index contributed by atoms with van der Waals surface area (Å²) in [5.74, 6) is 0. The van der Waals surface area contributed by atoms with E-state index in [9.17, 15) is 14.0 Å². The van der Waals surface area contributed by atoms with Gasteiger partial charge in [0.05, 0.1) is 23.5 Å². The molecule has 3 rings (SSSR count). The lowest BCUT2D eigenvalue weighted by atomic mass is 10.2. The van der Waals surface area contributed by atoms with E-state index in [4.69, 9.17) is 9.03 Å². The van der Waals surface area contributed by atoms with E-state index < -0.39 is 14.6 Å². The molecule has 0 bridgehead atoms. The Bertz CT molecular complexity index is 547. The van der Waals surface area contributed by atoms with E-state index in [2.05, 4.69) is 0 Å². The van der Waals surface area contributed by atoms with Crippen molar-refractivity contribution in [2.75, 3.05) is 26.3 Å². The molecule has 9 heteroatoms. The molecule has 0 N–H and O–H groups in total. The van der Waals surface area contributed by atoms with E-state index in [0.29, 0.717) is 26.3 Å². The van der Waals surface area contributed by atoms with Gasteiger partial charge in [-0.25, -0.2) is 4.90 Å². The van der Waals surface area contributed by atoms with Crippen LogP contribution < -0.4 is 14.0 Å². The monoisotopic (exact) mass is 363 g/mol. The van der Waals surface area contributed by atoms with Crippen molar-refractivity contribution in [3.63, 3.8) is 0 Å². The van der Waals surface area contributed by atoms with Gasteiger partial charge in [0.15, 0.2) is 0 Å². The third kappa shape index (κ3) is 3.78. The Kier molecular flexibility index (Phi) is 5.03. The first kappa shape index (κ1) is 16.6. The van der Waals surface area contributed by atoms with Crippen LogP contribution in [0.15, 0.2) is 35.7 Å². The van der Waals surface area contributed by atoms with Gasteiger partial charge in [0.25, 0.3) is 0 Å². The molecule has 1 atom stereocenters. The van der Waals surface area contributed by atoms with Crippen LogP contribution in [0.2, 0.25) is 0 Å². The third-order valence-corrected chi connectivity index (χ3v) is 6.65. The SMILES string of the molecule is [O-][Cl+3]([O-])([O-])OC1(N2CCOCC2)SC=C(c2ccccc2)S1. The minimum Gasteiger partial charge on any atom is -0.379 e. The standard InChI is InChI=1S/C13H14ClNO5S2/c16-14(17,18)20-13(15-6-8-19-9-7-15)21-10-12(22-13)11-4-2-1-3-5-11/h1-5,10H,6-9H2. The predicted octanol–water partition coefficient (Wildman–Crippen LogP) is -0.678. The first-order valence-electron chi connectivity index (χ1n) is 6.55. The van der Waals surface area contributed by atoms with Gasteiger partial charge in [0.2, 0.25) is 0 Å². The molecule has 0 aromatic heterocycles. The number of rotatable bonds is 4. The van der Waals surface area contributed by atoms with Crippen molar-refractivity contribution in [3.8, 4) is 0 Å². The lowest BCUT2D eigenvalue weighted by Crippen LogP contribution is -2.66. The normalized spacial score (nSPS) is 27.0. The zero-order chi connectivity index (χ0) is 15.6. The summed E-state index contributed by atoms with van der Waals surface area (Å²) < 4.78 is 42.4. The van der Waals surface area contributed by atoms with E-state index in [-0.39, 0.29) is 0 Å². The summed E-state index contributed by atoms with van der Waals surface area (Å²) >= 11 is 2.42. The molecule has 2 heterocycles. The van der Waals surface area contributed by atoms with Crippen LogP contribution in [0.5, 0.6) is 0 Å². The quantitative estimate of drug-likeness (QED) is 0.695. The van der Waals surface area contributed by atoms with Crippen molar-refractivity contribution >= 4 is 28.4 Å². The van der Waals surface area contributed by atoms with Gasteiger partial charge in [0, 0.05) is 18.0 Å². The van der Waals surface area contributed by atoms with Crippen LogP contribution in [0, 0.1) is 10.2 Å². The van der Waals surface area contributed by atoms with E-state index in [0.717, 1.165) is 10.5 Å². The Labute approximate surface area is 138 Å². The molecule has 1 unspecified atom stereocenters. The molecule has 120 valence electrons. The minimum atomic E-state index is -4.53. The molecule has 0 spiro atoms. The van der Waals surface area contributed by atoms with Crippen molar-refractivity contribution in [2.45, 2.75) is 4.39 Å². The summed E-state index contributed by atoms with van der Waals surface area (Å²) in [6.45, 7) is 1.95. The van der Waals surface area contributed by atoms with E-state index in [1.807, 2.05) is 40.6 Å². The molecular weight excluding hydrogens is 350 g/mol. The van der Waals surface area contributed by atoms with Crippen LogP contribution in [-0.2, 0) is 9.03 Å². The summed E-state index contributed by atoms with van der Waals surface area (Å²) in [5.41, 5.74) is 0.957. The Morgan fingerprint density at radius 1 is 1.14 bits per heavy atom. The van der Waals surface area contributed by atoms with Crippen LogP contribution in [0.1, 0.15) is 5.56 Å². The van der Waals surface area contributed by atoms with Crippen molar-refractivity contribution in [3.05, 3.63) is 41.3 Å². The molecule has 1 aromatic carbocycles. The average molecular weight is 364 g/mol. The first-order valence-corrected chi connectivity index (χ1v) is 9.48. The molecular formula is C13H14ClNO5S2. The largest absolute Gasteiger partial charge is 0.381 e. The van der Waals surface area contributed by atoms with Gasteiger partial charge in [-0.2, -0.15) is 14.0 Å². The maximum Gasteiger partial charge on any atom is 0.381 e. The molecule has 6 nitrogen and oxygen atoms in total. The molecule has 2 aliphatic rings. The Morgan fingerprint density at radius 2 is 1.82 bits per heavy atom. The maximum atomic E-state index is 11.2. The lowest BCUT2D eigenvalue weighted by Gasteiger charge is -2.36. The molecule has 0 aliphatic carbocycles. The Morgan fingerprint density at radius 3 is 2.45 bits per heavy atom. The lowest BCUT2D eigenvalue weighted by molar-refractivity contribution is -1.92. The molecule has 0 saturated carbocycles. The molecule has 2 aliphatic heterocycles. The van der Waals surface area contributed by atoms with Crippen molar-refractivity contribution in [1.82, 2.24) is 4.90 Å². The summed E-state index contributed by atoms with van der Waals surface area (Å²) in [6.07, 6.45) is 0. The fourth-order valence-electron chi connectivity index (χ4n) is 2.22. The van der Waals surface area contributed by atoms with E-state index in [1.165, 1.54) is 23.5 Å². The van der Waals surface area contributed by atoms with Crippen molar-refractivity contribution < 1.29 is 33.2 Å². The number of hydrogen-bond acceptors (Lipinski definition) is 8. The fraction of sp³-hybridized carbons (Fsp3) is 0.385. The molecule has 0 radical (unpaired) electrons. The highest BCUT2D eigenvalue weighted by atomic mass is 35.7. The number of halogens is 1. The zero-order valence-electron chi connectivity index (χ0n) is 11.5. The molecule has 1 aromatic rings. The van der Waals surface area contributed by atoms with Gasteiger partial charge in [-0.15, -0.1) is 0 Å². The predicted molar refractivity (Wildman–Crippen MR) is 75.8 cm³/mol. The van der Waals surface area contributed by atoms with Crippen molar-refractivity contribution in [1.29, 1.82) is 0 Å². The highest BCUT2D eigenvalue weighted by molar-refractivity contribution is 8.26. The topological polar surface area (TPSA) is 90.9 Å². The van der Waals surface area contributed by atoms with Crippen LogP contribution >= 0.6 is 23.5 Å². The second-order valence-corrected chi connectivity index (χ2v) is 8.04. The zero-order valence-corrected chi connectivity index (χ0v) is 13.9. The highest BCUT2D eigenvalue weighted by Gasteiger charge is 2.56. The second-order valence-electron chi connectivity index (χ2n) is 4.65. The highest BCUT2D eigenvalue weighted by Crippen LogP contribution is 2.56. The van der Waals surface area contributed by atoms with Crippen LogP contribution in [-0.4, -0.2) is 35.6 Å². The summed E-state index contributed by atoms with van der Waals surface area (Å²) in [4.78, 5) is 2.69. The fourth-order valence-corrected chi connectivity index (χ4v) is 5.80. The summed E-state index contributed by atoms with van der Waals surface area (Å²) in [6, 6.07) is 9.57. The van der Waals surface area contributed by atoms with Gasteiger partial charge in [-0.05, 0) is 22.7 Å². The molecule has 1 fully saturated rings. The Balaban J connectivity index is 1.83. The number of nitrogens with zero attached hydrogens (tertiary/aromatic N) is 1. The summed E-state index contributed by atoms with van der Waals surface area (Å²) in [7, 11) is -4.53. The van der Waals surface area contributed by atoms with Crippen LogP contribution in [0.3, 0.4) is 0 Å². The smallest absolute Gasteiger partial charge is 0.379 e. The number of thioether (sulfide) groups is 2. The van der Waals surface area contributed by atoms with Crippen molar-refractivity contribution in [2.24, 2.45) is 0 Å². The second kappa shape index (κ2) is 6.68. The van der Waals surface area contributed by atoms with E-state index >= 15 is 0 Å². The Hall–Kier alpha value is -0.290. The van der Waals surface area contributed by atoms with E-state index in [1.54, 1.807) is 0 Å². The number of morpholine rings is 1. The van der Waals surface area contributed by atoms with Crippen LogP contribution in [0.4, 0.5) is 0 Å². The number of benzene rings is 1. The number of hydrogen-bond donors (Lipinski definition) is 0. The molecule has 22 heavy (non-hydrogen) atoms. The third-order valence-electron chi connectivity index (χ3n) is 3.20. The van der Waals surface area contributed by atoms with Gasteiger partial charge in [-0.1, -0.05) is 42.1 Å². The van der Waals surface area contributed by atoms with Gasteiger partial charge in [-0.3, -0.25) is 0 Å². The summed E-state index contributed by atoms with van der Waals surface area (Å²) in [5, 5.41) is 1.83. The first-order chi connectivity index (χ1) is 10.5. The van der Waals surface area contributed by atoms with Crippen LogP contribution in [0.25, 0.3) is 4.91 Å². The molecule has 1 saturated heterocycles. The average Bonchev–Trinajstić information content (AvgIpc) is 2.92. The van der Waals surface area contributed by atoms with Gasteiger partial charge in [0.1, 0.15) is 4.29 Å². The van der Waals surface area contributed by atoms with Gasteiger partial charge >= 0.3 is 4.39 Å².